The fourth-order valence-electron chi connectivity index (χ4n) is 3.73. The van der Waals surface area contributed by atoms with E-state index in [0.29, 0.717) is 24.5 Å². The molecule has 0 bridgehead atoms. The third kappa shape index (κ3) is 6.27. The molecule has 0 fully saturated rings. The van der Waals surface area contributed by atoms with Crippen molar-refractivity contribution >= 4 is 17.8 Å². The number of anilines is 1. The molecule has 1 atom stereocenters. The minimum absolute atomic E-state index is 0.167. The maximum atomic E-state index is 12.3. The Labute approximate surface area is 177 Å². The van der Waals surface area contributed by atoms with Crippen LogP contribution in [-0.4, -0.2) is 35.5 Å². The first kappa shape index (κ1) is 21.7. The SMILES string of the molecule is COC(=O)CCCCCCNC(=O)c1cnc(NC2CCCc3ccccc32)nc1. The fourth-order valence-corrected chi connectivity index (χ4v) is 3.73. The summed E-state index contributed by atoms with van der Waals surface area (Å²) in [7, 11) is 1.40. The minimum atomic E-state index is -0.172. The zero-order valence-corrected chi connectivity index (χ0v) is 17.5. The lowest BCUT2D eigenvalue weighted by Crippen LogP contribution is -2.25. The van der Waals surface area contributed by atoms with Gasteiger partial charge in [-0.15, -0.1) is 0 Å². The first-order valence-corrected chi connectivity index (χ1v) is 10.7. The number of unbranched alkanes of at least 4 members (excludes halogenated alkanes) is 3. The number of carbonyl (C=O) groups excluding carboxylic acids is 2. The first-order chi connectivity index (χ1) is 14.7. The van der Waals surface area contributed by atoms with Crippen molar-refractivity contribution in [1.29, 1.82) is 0 Å². The molecule has 1 aromatic heterocycles. The fraction of sp³-hybridized carbons (Fsp3) is 0.478. The van der Waals surface area contributed by atoms with E-state index in [2.05, 4.69) is 49.6 Å². The van der Waals surface area contributed by atoms with Crippen molar-refractivity contribution in [3.8, 4) is 0 Å². The molecular weight excluding hydrogens is 380 g/mol. The third-order valence-corrected chi connectivity index (χ3v) is 5.41. The molecule has 3 rings (SSSR count). The number of aryl methyl sites for hydroxylation is 1. The quantitative estimate of drug-likeness (QED) is 0.457. The Balaban J connectivity index is 1.40. The summed E-state index contributed by atoms with van der Waals surface area (Å²) >= 11 is 0. The van der Waals surface area contributed by atoms with Gasteiger partial charge in [0, 0.05) is 25.4 Å². The summed E-state index contributed by atoms with van der Waals surface area (Å²) in [4.78, 5) is 32.0. The standard InChI is InChI=1S/C23H30N4O3/c1-30-21(28)13-4-2-3-7-14-24-22(29)18-15-25-23(26-16-18)27-20-12-8-10-17-9-5-6-11-19(17)20/h5-6,9,11,15-16,20H,2-4,7-8,10,12-14H2,1H3,(H,24,29)(H,25,26,27). The number of methoxy groups -OCH3 is 1. The number of benzene rings is 1. The van der Waals surface area contributed by atoms with Crippen LogP contribution in [0.2, 0.25) is 0 Å². The summed E-state index contributed by atoms with van der Waals surface area (Å²) in [5, 5.41) is 6.29. The Morgan fingerprint density at radius 1 is 1.10 bits per heavy atom. The second-order valence-corrected chi connectivity index (χ2v) is 7.58. The predicted octanol–water partition coefficient (Wildman–Crippen LogP) is 3.82. The molecule has 1 amide bonds. The van der Waals surface area contributed by atoms with Crippen molar-refractivity contribution in [3.63, 3.8) is 0 Å². The van der Waals surface area contributed by atoms with E-state index in [0.717, 1.165) is 44.9 Å². The number of ether oxygens (including phenoxy) is 1. The van der Waals surface area contributed by atoms with Crippen LogP contribution in [0.15, 0.2) is 36.7 Å². The van der Waals surface area contributed by atoms with E-state index in [1.165, 1.54) is 18.2 Å². The van der Waals surface area contributed by atoms with Gasteiger partial charge in [0.15, 0.2) is 0 Å². The van der Waals surface area contributed by atoms with E-state index in [9.17, 15) is 9.59 Å². The summed E-state index contributed by atoms with van der Waals surface area (Å²) in [5.74, 6) is 0.201. The molecule has 2 aromatic rings. The van der Waals surface area contributed by atoms with Crippen LogP contribution in [0, 0.1) is 0 Å². The van der Waals surface area contributed by atoms with E-state index >= 15 is 0 Å². The van der Waals surface area contributed by atoms with Crippen molar-refractivity contribution in [2.45, 2.75) is 57.4 Å². The van der Waals surface area contributed by atoms with Crippen molar-refractivity contribution in [3.05, 3.63) is 53.3 Å². The zero-order valence-electron chi connectivity index (χ0n) is 17.5. The normalized spacial score (nSPS) is 15.2. The molecule has 1 aromatic carbocycles. The average Bonchev–Trinajstić information content (AvgIpc) is 2.79. The summed E-state index contributed by atoms with van der Waals surface area (Å²) < 4.78 is 4.61. The lowest BCUT2D eigenvalue weighted by molar-refractivity contribution is -0.140. The van der Waals surface area contributed by atoms with Gasteiger partial charge in [-0.25, -0.2) is 9.97 Å². The van der Waals surface area contributed by atoms with Crippen LogP contribution in [-0.2, 0) is 16.0 Å². The summed E-state index contributed by atoms with van der Waals surface area (Å²) in [6.45, 7) is 0.593. The molecule has 160 valence electrons. The van der Waals surface area contributed by atoms with Gasteiger partial charge in [0.1, 0.15) is 0 Å². The van der Waals surface area contributed by atoms with Gasteiger partial charge in [0.25, 0.3) is 5.91 Å². The molecule has 30 heavy (non-hydrogen) atoms. The van der Waals surface area contributed by atoms with Crippen molar-refractivity contribution in [2.75, 3.05) is 19.0 Å². The number of amides is 1. The lowest BCUT2D eigenvalue weighted by Gasteiger charge is -2.26. The number of aromatic nitrogens is 2. The lowest BCUT2D eigenvalue weighted by atomic mass is 9.88. The number of carbonyl (C=O) groups is 2. The topological polar surface area (TPSA) is 93.2 Å². The predicted molar refractivity (Wildman–Crippen MR) is 115 cm³/mol. The first-order valence-electron chi connectivity index (χ1n) is 10.7. The van der Waals surface area contributed by atoms with E-state index < -0.39 is 0 Å². The molecular formula is C23H30N4O3. The number of hydrogen-bond acceptors (Lipinski definition) is 6. The highest BCUT2D eigenvalue weighted by atomic mass is 16.5. The van der Waals surface area contributed by atoms with Crippen LogP contribution >= 0.6 is 0 Å². The van der Waals surface area contributed by atoms with Crippen LogP contribution in [0.1, 0.15) is 72.5 Å². The largest absolute Gasteiger partial charge is 0.469 e. The number of fused-ring (bicyclic) bond motifs is 1. The molecule has 1 aliphatic rings. The molecule has 2 N–H and O–H groups in total. The maximum Gasteiger partial charge on any atom is 0.305 e. The number of rotatable bonds is 10. The Bertz CT molecular complexity index is 839. The molecule has 0 radical (unpaired) electrons. The van der Waals surface area contributed by atoms with Crippen LogP contribution < -0.4 is 10.6 Å². The molecule has 1 aliphatic carbocycles. The molecule has 0 spiro atoms. The van der Waals surface area contributed by atoms with Gasteiger partial charge in [-0.3, -0.25) is 9.59 Å². The summed E-state index contributed by atoms with van der Waals surface area (Å²) in [5.41, 5.74) is 3.14. The van der Waals surface area contributed by atoms with Gasteiger partial charge in [-0.05, 0) is 43.2 Å². The Hall–Kier alpha value is -2.96. The molecule has 0 saturated carbocycles. The molecule has 0 saturated heterocycles. The summed E-state index contributed by atoms with van der Waals surface area (Å²) in [6.07, 6.45) is 10.5. The van der Waals surface area contributed by atoms with E-state index in [4.69, 9.17) is 0 Å². The van der Waals surface area contributed by atoms with Crippen LogP contribution in [0.4, 0.5) is 5.95 Å². The van der Waals surface area contributed by atoms with E-state index in [1.54, 1.807) is 12.4 Å². The van der Waals surface area contributed by atoms with Gasteiger partial charge >= 0.3 is 5.97 Å². The minimum Gasteiger partial charge on any atom is -0.469 e. The summed E-state index contributed by atoms with van der Waals surface area (Å²) in [6, 6.07) is 8.67. The zero-order chi connectivity index (χ0) is 21.2. The molecule has 0 aliphatic heterocycles. The number of hydrogen-bond donors (Lipinski definition) is 2. The van der Waals surface area contributed by atoms with Crippen molar-refractivity contribution < 1.29 is 14.3 Å². The Morgan fingerprint density at radius 2 is 1.87 bits per heavy atom. The van der Waals surface area contributed by atoms with Gasteiger partial charge < -0.3 is 15.4 Å². The van der Waals surface area contributed by atoms with Crippen LogP contribution in [0.5, 0.6) is 0 Å². The monoisotopic (exact) mass is 410 g/mol. The molecule has 1 heterocycles. The third-order valence-electron chi connectivity index (χ3n) is 5.41. The molecule has 7 heteroatoms. The average molecular weight is 411 g/mol. The van der Waals surface area contributed by atoms with Gasteiger partial charge in [0.05, 0.1) is 18.7 Å². The van der Waals surface area contributed by atoms with Crippen LogP contribution in [0.3, 0.4) is 0 Å². The molecule has 1 unspecified atom stereocenters. The smallest absolute Gasteiger partial charge is 0.305 e. The second-order valence-electron chi connectivity index (χ2n) is 7.58. The highest BCUT2D eigenvalue weighted by Gasteiger charge is 2.20. The van der Waals surface area contributed by atoms with Crippen LogP contribution in [0.25, 0.3) is 0 Å². The number of esters is 1. The number of nitrogens with one attached hydrogen (secondary N) is 2. The van der Waals surface area contributed by atoms with Gasteiger partial charge in [-0.1, -0.05) is 37.1 Å². The number of nitrogens with zero attached hydrogens (tertiary/aromatic N) is 2. The Morgan fingerprint density at radius 3 is 2.67 bits per heavy atom. The van der Waals surface area contributed by atoms with Gasteiger partial charge in [0.2, 0.25) is 5.95 Å². The van der Waals surface area contributed by atoms with E-state index in [-0.39, 0.29) is 17.9 Å². The second kappa shape index (κ2) is 11.3. The van der Waals surface area contributed by atoms with E-state index in [1.807, 2.05) is 0 Å². The highest BCUT2D eigenvalue weighted by molar-refractivity contribution is 5.93. The van der Waals surface area contributed by atoms with Gasteiger partial charge in [-0.2, -0.15) is 0 Å². The van der Waals surface area contributed by atoms with Crippen molar-refractivity contribution in [2.24, 2.45) is 0 Å². The Kier molecular flexibility index (Phi) is 8.18. The maximum absolute atomic E-state index is 12.3. The molecule has 7 nitrogen and oxygen atoms in total. The van der Waals surface area contributed by atoms with Crippen molar-refractivity contribution in [1.82, 2.24) is 15.3 Å². The highest BCUT2D eigenvalue weighted by Crippen LogP contribution is 2.31.